The van der Waals surface area contributed by atoms with E-state index in [1.165, 1.54) is 22.7 Å². The number of carbonyl (C=O) groups excluding carboxylic acids is 1. The molecule has 4 unspecified atom stereocenters. The summed E-state index contributed by atoms with van der Waals surface area (Å²) in [5.41, 5.74) is -1.72. The Labute approximate surface area is 160 Å². The number of hydrogen-bond acceptors (Lipinski definition) is 6. The van der Waals surface area contributed by atoms with Crippen LogP contribution in [0.15, 0.2) is 35.0 Å². The lowest BCUT2D eigenvalue weighted by atomic mass is 9.95. The van der Waals surface area contributed by atoms with Gasteiger partial charge >= 0.3 is 5.97 Å². The average Bonchev–Trinajstić information content (AvgIpc) is 2.98. The second-order valence-corrected chi connectivity index (χ2v) is 9.89. The summed E-state index contributed by atoms with van der Waals surface area (Å²) in [7, 11) is 4.49. The van der Waals surface area contributed by atoms with E-state index in [4.69, 9.17) is 9.47 Å². The van der Waals surface area contributed by atoms with Gasteiger partial charge in [0.1, 0.15) is 30.4 Å². The molecule has 1 N–H and O–H groups in total. The van der Waals surface area contributed by atoms with Crippen LogP contribution in [0.2, 0.25) is 0 Å². The van der Waals surface area contributed by atoms with Gasteiger partial charge in [-0.05, 0) is 22.9 Å². The molecule has 3 saturated heterocycles. The first-order chi connectivity index (χ1) is 12.4. The summed E-state index contributed by atoms with van der Waals surface area (Å²) in [5.74, 6) is -0.561. The van der Waals surface area contributed by atoms with Crippen molar-refractivity contribution < 1.29 is 23.9 Å². The highest BCUT2D eigenvalue weighted by Gasteiger charge is 2.71. The van der Waals surface area contributed by atoms with Crippen molar-refractivity contribution in [3.05, 3.63) is 44.8 Å². The van der Waals surface area contributed by atoms with Crippen LogP contribution in [0.3, 0.4) is 0 Å². The Morgan fingerprint density at radius 1 is 1.15 bits per heavy atom. The van der Waals surface area contributed by atoms with Gasteiger partial charge in [0, 0.05) is 12.8 Å². The third-order valence-electron chi connectivity index (χ3n) is 6.36. The van der Waals surface area contributed by atoms with Crippen LogP contribution in [0.25, 0.3) is 0 Å². The number of carbonyl (C=O) groups is 1. The first-order valence-electron chi connectivity index (χ1n) is 8.92. The Balaban J connectivity index is 1.40. The Morgan fingerprint density at radius 2 is 1.69 bits per heavy atom. The number of rotatable bonds is 4. The fraction of sp³-hybridized carbons (Fsp3) is 0.526. The summed E-state index contributed by atoms with van der Waals surface area (Å²) in [6, 6.07) is 8.01. The lowest BCUT2D eigenvalue weighted by Gasteiger charge is -2.45. The van der Waals surface area contributed by atoms with Crippen molar-refractivity contribution >= 4 is 28.6 Å². The van der Waals surface area contributed by atoms with Gasteiger partial charge in [-0.2, -0.15) is 0 Å². The second kappa shape index (κ2) is 5.62. The smallest absolute Gasteiger partial charge is 0.349 e. The zero-order valence-corrected chi connectivity index (χ0v) is 16.3. The average molecular weight is 393 g/mol. The Hall–Kier alpha value is -1.25. The molecule has 7 heteroatoms. The third-order valence-corrected chi connectivity index (χ3v) is 8.32. The molecule has 0 aliphatic carbocycles. The van der Waals surface area contributed by atoms with Gasteiger partial charge < -0.3 is 19.1 Å². The zero-order chi connectivity index (χ0) is 18.1. The first-order valence-corrected chi connectivity index (χ1v) is 10.7. The van der Waals surface area contributed by atoms with Crippen molar-refractivity contribution in [3.63, 3.8) is 0 Å². The fourth-order valence-electron chi connectivity index (χ4n) is 4.83. The molecule has 2 aromatic rings. The number of esters is 1. The molecule has 3 aliphatic rings. The van der Waals surface area contributed by atoms with Crippen LogP contribution >= 0.6 is 22.7 Å². The molecule has 5 rings (SSSR count). The summed E-state index contributed by atoms with van der Waals surface area (Å²) in [6.07, 6.45) is 2.05. The summed E-state index contributed by atoms with van der Waals surface area (Å²) >= 11 is 2.74. The van der Waals surface area contributed by atoms with Gasteiger partial charge in [-0.15, -0.1) is 22.7 Å². The fourth-order valence-corrected chi connectivity index (χ4v) is 6.54. The Bertz CT molecular complexity index is 762. The molecule has 138 valence electrons. The van der Waals surface area contributed by atoms with Gasteiger partial charge in [-0.25, -0.2) is 4.79 Å². The Kier molecular flexibility index (Phi) is 3.65. The van der Waals surface area contributed by atoms with Gasteiger partial charge in [0.05, 0.1) is 23.8 Å². The molecule has 3 fully saturated rings. The molecule has 5 heterocycles. The number of ether oxygens (including phenoxy) is 2. The number of quaternary nitrogens is 1. The summed E-state index contributed by atoms with van der Waals surface area (Å²) in [6.45, 7) is 0. The monoisotopic (exact) mass is 392 g/mol. The molecule has 0 saturated carbocycles. The van der Waals surface area contributed by atoms with E-state index in [9.17, 15) is 9.90 Å². The van der Waals surface area contributed by atoms with Gasteiger partial charge in [0.2, 0.25) is 5.60 Å². The first kappa shape index (κ1) is 16.9. The highest BCUT2D eigenvalue weighted by molar-refractivity contribution is 7.12. The number of fused-ring (bicyclic) bond motifs is 5. The number of aliphatic hydroxyl groups is 1. The highest BCUT2D eigenvalue weighted by atomic mass is 32.1. The standard InChI is InChI=1S/C19H22NO4S2/c1-20(2)12-9-11(10-13(20)17-16(12)24-17)23-18(21)19(22,14-5-3-7-25-14)15-6-4-8-26-15/h3-8,11-13,16-17,22H,9-10H2,1-2H3/q+1/t11?,12?,13?,16-,17?/m1/s1. The largest absolute Gasteiger partial charge is 0.459 e. The van der Waals surface area contributed by atoms with Crippen molar-refractivity contribution in [2.45, 2.75) is 48.8 Å². The minimum absolute atomic E-state index is 0.161. The maximum atomic E-state index is 13.1. The van der Waals surface area contributed by atoms with E-state index in [0.29, 0.717) is 34.0 Å². The third kappa shape index (κ3) is 2.28. The van der Waals surface area contributed by atoms with Crippen LogP contribution in [0, 0.1) is 0 Å². The molecule has 2 bridgehead atoms. The van der Waals surface area contributed by atoms with Crippen LogP contribution in [0.1, 0.15) is 22.6 Å². The Morgan fingerprint density at radius 3 is 2.15 bits per heavy atom. The highest BCUT2D eigenvalue weighted by Crippen LogP contribution is 2.52. The molecule has 2 aromatic heterocycles. The van der Waals surface area contributed by atoms with Crippen LogP contribution in [0.4, 0.5) is 0 Å². The summed E-state index contributed by atoms with van der Waals surface area (Å²) in [4.78, 5) is 14.3. The van der Waals surface area contributed by atoms with Crippen LogP contribution in [-0.2, 0) is 19.9 Å². The number of epoxide rings is 1. The number of likely N-dealkylation sites (N-methyl/N-ethyl adjacent to an activating group) is 1. The van der Waals surface area contributed by atoms with E-state index in [2.05, 4.69) is 14.1 Å². The quantitative estimate of drug-likeness (QED) is 0.493. The van der Waals surface area contributed by atoms with Crippen molar-refractivity contribution in [1.29, 1.82) is 0 Å². The number of hydrogen-bond donors (Lipinski definition) is 1. The number of nitrogens with zero attached hydrogens (tertiary/aromatic N) is 1. The molecule has 0 amide bonds. The second-order valence-electron chi connectivity index (χ2n) is 7.99. The molecular formula is C19H22NO4S2+. The minimum Gasteiger partial charge on any atom is -0.459 e. The van der Waals surface area contributed by atoms with Gasteiger partial charge in [0.15, 0.2) is 0 Å². The van der Waals surface area contributed by atoms with Crippen molar-refractivity contribution in [3.8, 4) is 0 Å². The maximum Gasteiger partial charge on any atom is 0.349 e. The summed E-state index contributed by atoms with van der Waals surface area (Å²) < 4.78 is 12.6. The van der Waals surface area contributed by atoms with E-state index in [1.807, 2.05) is 22.9 Å². The molecule has 26 heavy (non-hydrogen) atoms. The van der Waals surface area contributed by atoms with E-state index < -0.39 is 11.6 Å². The minimum atomic E-state index is -1.72. The summed E-state index contributed by atoms with van der Waals surface area (Å²) in [5, 5.41) is 15.1. The van der Waals surface area contributed by atoms with Gasteiger partial charge in [0.25, 0.3) is 0 Å². The van der Waals surface area contributed by atoms with Crippen LogP contribution in [0.5, 0.6) is 0 Å². The molecule has 0 aromatic carbocycles. The van der Waals surface area contributed by atoms with E-state index in [1.54, 1.807) is 12.1 Å². The van der Waals surface area contributed by atoms with Crippen molar-refractivity contribution in [1.82, 2.24) is 0 Å². The normalized spacial score (nSPS) is 34.3. The van der Waals surface area contributed by atoms with Gasteiger partial charge in [-0.3, -0.25) is 0 Å². The number of thiophene rings is 2. The SMILES string of the molecule is C[N+]1(C)C2CC(OC(=O)C(O)(c3cccs3)c3cccs3)CC1[C@H]1OC21. The van der Waals surface area contributed by atoms with Crippen molar-refractivity contribution in [2.75, 3.05) is 14.1 Å². The van der Waals surface area contributed by atoms with Gasteiger partial charge in [-0.1, -0.05) is 12.1 Å². The maximum absolute atomic E-state index is 13.1. The van der Waals surface area contributed by atoms with Crippen molar-refractivity contribution in [2.24, 2.45) is 0 Å². The van der Waals surface area contributed by atoms with E-state index in [0.717, 1.165) is 17.3 Å². The van der Waals surface area contributed by atoms with E-state index in [-0.39, 0.29) is 6.10 Å². The predicted molar refractivity (Wildman–Crippen MR) is 99.1 cm³/mol. The topological polar surface area (TPSA) is 59.1 Å². The molecule has 0 radical (unpaired) electrons. The lowest BCUT2D eigenvalue weighted by Crippen LogP contribution is -2.60. The molecule has 0 spiro atoms. The lowest BCUT2D eigenvalue weighted by molar-refractivity contribution is -0.938. The molecule has 3 aliphatic heterocycles. The zero-order valence-electron chi connectivity index (χ0n) is 14.7. The van der Waals surface area contributed by atoms with Crippen LogP contribution in [-0.4, -0.2) is 60.0 Å². The number of morpholine rings is 1. The predicted octanol–water partition coefficient (Wildman–Crippen LogP) is 2.35. The molecule has 5 atom stereocenters. The van der Waals surface area contributed by atoms with Crippen LogP contribution < -0.4 is 0 Å². The number of piperidine rings is 1. The van der Waals surface area contributed by atoms with E-state index >= 15 is 0 Å². The molecule has 5 nitrogen and oxygen atoms in total. The molecular weight excluding hydrogens is 370 g/mol.